The summed E-state index contributed by atoms with van der Waals surface area (Å²) in [5, 5.41) is 10.9. The molecule has 9 heteroatoms. The van der Waals surface area contributed by atoms with E-state index in [9.17, 15) is 28.1 Å². The number of hydrogen-bond acceptors (Lipinski definition) is 5. The number of nitro benzene ring substituents is 1. The fourth-order valence-corrected chi connectivity index (χ4v) is 2.06. The van der Waals surface area contributed by atoms with Gasteiger partial charge in [0, 0.05) is 6.07 Å². The third-order valence-corrected chi connectivity index (χ3v) is 3.27. The van der Waals surface area contributed by atoms with Crippen molar-refractivity contribution in [2.24, 2.45) is 0 Å². The number of nitro groups is 1. The van der Waals surface area contributed by atoms with Gasteiger partial charge in [0.2, 0.25) is 0 Å². The summed E-state index contributed by atoms with van der Waals surface area (Å²) >= 11 is 0. The Balaban J connectivity index is 1.91. The third kappa shape index (κ3) is 5.85. The maximum absolute atomic E-state index is 12.0. The maximum Gasteiger partial charge on any atom is 0.411 e. The lowest BCUT2D eigenvalue weighted by Crippen LogP contribution is -2.16. The Morgan fingerprint density at radius 1 is 1.04 bits per heavy atom. The summed E-state index contributed by atoms with van der Waals surface area (Å²) < 4.78 is 45.6. The third-order valence-electron chi connectivity index (χ3n) is 3.27. The van der Waals surface area contributed by atoms with Crippen LogP contribution in [-0.4, -0.2) is 23.7 Å². The zero-order valence-corrected chi connectivity index (χ0v) is 13.4. The number of ether oxygens (including phenoxy) is 2. The minimum absolute atomic E-state index is 0.155. The van der Waals surface area contributed by atoms with Gasteiger partial charge in [0.05, 0.1) is 22.7 Å². The molecule has 2 aromatic carbocycles. The van der Waals surface area contributed by atoms with Crippen molar-refractivity contribution in [3.05, 3.63) is 75.3 Å². The quantitative estimate of drug-likeness (QED) is 0.418. The monoisotopic (exact) mass is 369 g/mol. The Bertz CT molecular complexity index is 775. The smallest absolute Gasteiger partial charge is 0.411 e. The number of esters is 1. The molecule has 0 aromatic heterocycles. The molecule has 0 aliphatic carbocycles. The van der Waals surface area contributed by atoms with Crippen LogP contribution >= 0.6 is 0 Å². The molecule has 0 bridgehead atoms. The van der Waals surface area contributed by atoms with E-state index in [4.69, 9.17) is 4.74 Å². The number of carbonyl (C=O) groups is 1. The fourth-order valence-electron chi connectivity index (χ4n) is 2.06. The molecule has 0 N–H and O–H groups in total. The highest BCUT2D eigenvalue weighted by atomic mass is 19.4. The Morgan fingerprint density at radius 3 is 2.31 bits per heavy atom. The van der Waals surface area contributed by atoms with E-state index in [1.807, 2.05) is 0 Å². The first-order valence-electron chi connectivity index (χ1n) is 7.39. The van der Waals surface area contributed by atoms with Gasteiger partial charge >= 0.3 is 12.1 Å². The zero-order chi connectivity index (χ0) is 19.2. The topological polar surface area (TPSA) is 78.7 Å². The van der Waals surface area contributed by atoms with E-state index in [2.05, 4.69) is 4.74 Å². The Hall–Kier alpha value is -2.94. The summed E-state index contributed by atoms with van der Waals surface area (Å²) in [6, 6.07) is 11.5. The molecule has 0 saturated heterocycles. The van der Waals surface area contributed by atoms with Crippen molar-refractivity contribution in [3.63, 3.8) is 0 Å². The molecule has 2 rings (SSSR count). The van der Waals surface area contributed by atoms with Crippen molar-refractivity contribution < 1.29 is 32.4 Å². The van der Waals surface area contributed by atoms with Crippen molar-refractivity contribution in [2.45, 2.75) is 19.4 Å². The molecule has 0 amide bonds. The maximum atomic E-state index is 12.0. The van der Waals surface area contributed by atoms with Crippen molar-refractivity contribution in [3.8, 4) is 0 Å². The molecule has 0 fully saturated rings. The van der Waals surface area contributed by atoms with E-state index in [0.717, 1.165) is 0 Å². The second-order valence-electron chi connectivity index (χ2n) is 5.27. The molecule has 0 aliphatic rings. The second kappa shape index (κ2) is 8.43. The van der Waals surface area contributed by atoms with Crippen LogP contribution < -0.4 is 0 Å². The van der Waals surface area contributed by atoms with Crippen LogP contribution in [0.1, 0.15) is 21.5 Å². The first kappa shape index (κ1) is 19.4. The van der Waals surface area contributed by atoms with Gasteiger partial charge in [-0.3, -0.25) is 10.1 Å². The van der Waals surface area contributed by atoms with Crippen LogP contribution in [0.25, 0.3) is 0 Å². The average molecular weight is 369 g/mol. The zero-order valence-electron chi connectivity index (χ0n) is 13.4. The van der Waals surface area contributed by atoms with E-state index in [1.54, 1.807) is 6.07 Å². The van der Waals surface area contributed by atoms with Crippen molar-refractivity contribution >= 4 is 11.7 Å². The molecule has 6 nitrogen and oxygen atoms in total. The van der Waals surface area contributed by atoms with Gasteiger partial charge in [-0.2, -0.15) is 13.2 Å². The van der Waals surface area contributed by atoms with Gasteiger partial charge in [-0.25, -0.2) is 4.79 Å². The van der Waals surface area contributed by atoms with E-state index in [1.165, 1.54) is 42.5 Å². The van der Waals surface area contributed by atoms with E-state index < -0.39 is 23.7 Å². The van der Waals surface area contributed by atoms with Gasteiger partial charge in [-0.05, 0) is 23.8 Å². The number of benzene rings is 2. The summed E-state index contributed by atoms with van der Waals surface area (Å²) in [6.45, 7) is -1.87. The summed E-state index contributed by atoms with van der Waals surface area (Å²) in [7, 11) is 0. The number of hydrogen-bond donors (Lipinski definition) is 0. The molecule has 0 unspecified atom stereocenters. The van der Waals surface area contributed by atoms with E-state index >= 15 is 0 Å². The van der Waals surface area contributed by atoms with Crippen LogP contribution in [0.5, 0.6) is 0 Å². The predicted octanol–water partition coefficient (Wildman–Crippen LogP) is 4.03. The van der Waals surface area contributed by atoms with Gasteiger partial charge in [0.15, 0.2) is 0 Å². The average Bonchev–Trinajstić information content (AvgIpc) is 2.59. The lowest BCUT2D eigenvalue weighted by Gasteiger charge is -2.08. The minimum Gasteiger partial charge on any atom is -0.457 e. The van der Waals surface area contributed by atoms with Gasteiger partial charge < -0.3 is 9.47 Å². The Morgan fingerprint density at radius 2 is 1.69 bits per heavy atom. The molecule has 138 valence electrons. The first-order chi connectivity index (χ1) is 12.3. The van der Waals surface area contributed by atoms with Gasteiger partial charge in [0.1, 0.15) is 13.2 Å². The Labute approximate surface area is 146 Å². The number of alkyl halides is 3. The normalized spacial score (nSPS) is 11.2. The molecule has 2 aromatic rings. The SMILES string of the molecule is O=C(OCc1ccccc1[N+](=O)[O-])c1ccc(COCC(F)(F)F)cc1. The molecule has 0 spiro atoms. The Kier molecular flexibility index (Phi) is 6.29. The summed E-state index contributed by atoms with van der Waals surface area (Å²) in [4.78, 5) is 22.3. The van der Waals surface area contributed by atoms with E-state index in [-0.39, 0.29) is 30.0 Å². The predicted molar refractivity (Wildman–Crippen MR) is 84.4 cm³/mol. The highest BCUT2D eigenvalue weighted by Crippen LogP contribution is 2.19. The number of rotatable bonds is 7. The second-order valence-corrected chi connectivity index (χ2v) is 5.27. The van der Waals surface area contributed by atoms with Crippen molar-refractivity contribution in [2.75, 3.05) is 6.61 Å². The van der Waals surface area contributed by atoms with Crippen LogP contribution in [0.15, 0.2) is 48.5 Å². The van der Waals surface area contributed by atoms with Crippen LogP contribution in [0.3, 0.4) is 0 Å². The number of nitrogens with zero attached hydrogens (tertiary/aromatic N) is 1. The highest BCUT2D eigenvalue weighted by molar-refractivity contribution is 5.89. The van der Waals surface area contributed by atoms with Crippen LogP contribution in [0.4, 0.5) is 18.9 Å². The summed E-state index contributed by atoms with van der Waals surface area (Å²) in [5.74, 6) is -0.703. The first-order valence-corrected chi connectivity index (χ1v) is 7.39. The molecule has 0 saturated carbocycles. The largest absolute Gasteiger partial charge is 0.457 e. The lowest BCUT2D eigenvalue weighted by atomic mass is 10.1. The number of carbonyl (C=O) groups excluding carboxylic acids is 1. The molecule has 0 heterocycles. The van der Waals surface area contributed by atoms with Gasteiger partial charge in [0.25, 0.3) is 5.69 Å². The fraction of sp³-hybridized carbons (Fsp3) is 0.235. The molecule has 0 aliphatic heterocycles. The minimum atomic E-state index is -4.40. The molecular formula is C17H14F3NO5. The highest BCUT2D eigenvalue weighted by Gasteiger charge is 2.27. The van der Waals surface area contributed by atoms with Crippen molar-refractivity contribution in [1.29, 1.82) is 0 Å². The van der Waals surface area contributed by atoms with Gasteiger partial charge in [-0.15, -0.1) is 0 Å². The molecular weight excluding hydrogens is 355 g/mol. The van der Waals surface area contributed by atoms with Crippen molar-refractivity contribution in [1.82, 2.24) is 0 Å². The number of halogens is 3. The molecule has 26 heavy (non-hydrogen) atoms. The standard InChI is InChI=1S/C17H14F3NO5/c18-17(19,20)11-25-9-12-5-7-13(8-6-12)16(22)26-10-14-3-1-2-4-15(14)21(23)24/h1-8H,9-11H2. The van der Waals surface area contributed by atoms with Gasteiger partial charge in [-0.1, -0.05) is 24.3 Å². The molecule has 0 radical (unpaired) electrons. The van der Waals surface area contributed by atoms with Crippen LogP contribution in [-0.2, 0) is 22.7 Å². The van der Waals surface area contributed by atoms with Crippen LogP contribution in [0.2, 0.25) is 0 Å². The lowest BCUT2D eigenvalue weighted by molar-refractivity contribution is -0.385. The van der Waals surface area contributed by atoms with Crippen LogP contribution in [0, 0.1) is 10.1 Å². The molecule has 0 atom stereocenters. The summed E-state index contributed by atoms with van der Waals surface area (Å²) in [6.07, 6.45) is -4.40. The summed E-state index contributed by atoms with van der Waals surface area (Å²) in [5.41, 5.74) is 0.730. The number of para-hydroxylation sites is 1. The van der Waals surface area contributed by atoms with E-state index in [0.29, 0.717) is 5.56 Å².